The Labute approximate surface area is 158 Å². The van der Waals surface area contributed by atoms with Gasteiger partial charge in [-0.05, 0) is 50.1 Å². The van der Waals surface area contributed by atoms with Crippen LogP contribution in [-0.4, -0.2) is 24.4 Å². The highest BCUT2D eigenvalue weighted by atomic mass is 19.1. The summed E-state index contributed by atoms with van der Waals surface area (Å²) >= 11 is 0. The van der Waals surface area contributed by atoms with Crippen LogP contribution in [0.3, 0.4) is 0 Å². The van der Waals surface area contributed by atoms with E-state index >= 15 is 0 Å². The van der Waals surface area contributed by atoms with Crippen molar-refractivity contribution in [1.82, 2.24) is 5.32 Å². The molecular weight excluding hydrogens is 345 g/mol. The molecule has 0 unspecified atom stereocenters. The summed E-state index contributed by atoms with van der Waals surface area (Å²) in [6.07, 6.45) is 1.70. The summed E-state index contributed by atoms with van der Waals surface area (Å²) in [5.74, 6) is -0.986. The number of carbonyl (C=O) groups excluding carboxylic acids is 2. The van der Waals surface area contributed by atoms with E-state index in [0.29, 0.717) is 11.7 Å². The van der Waals surface area contributed by atoms with Gasteiger partial charge in [-0.15, -0.1) is 0 Å². The summed E-state index contributed by atoms with van der Waals surface area (Å²) in [4.78, 5) is 24.6. The number of halogens is 1. The third-order valence-electron chi connectivity index (χ3n) is 4.71. The van der Waals surface area contributed by atoms with Gasteiger partial charge in [-0.25, -0.2) is 4.39 Å². The van der Waals surface area contributed by atoms with Crippen molar-refractivity contribution in [3.63, 3.8) is 0 Å². The van der Waals surface area contributed by atoms with Crippen molar-refractivity contribution in [1.29, 1.82) is 0 Å². The lowest BCUT2D eigenvalue weighted by molar-refractivity contribution is -0.121. The number of piperidine rings is 1. The van der Waals surface area contributed by atoms with Gasteiger partial charge < -0.3 is 16.0 Å². The van der Waals surface area contributed by atoms with Crippen molar-refractivity contribution in [2.75, 3.05) is 17.2 Å². The van der Waals surface area contributed by atoms with Crippen molar-refractivity contribution in [3.8, 4) is 0 Å². The lowest BCUT2D eigenvalue weighted by Gasteiger charge is -2.27. The van der Waals surface area contributed by atoms with Gasteiger partial charge in [0.25, 0.3) is 0 Å². The van der Waals surface area contributed by atoms with Crippen LogP contribution in [0.2, 0.25) is 0 Å². The molecular formula is C21H24FN3O2. The zero-order valence-electron chi connectivity index (χ0n) is 15.3. The first-order valence-corrected chi connectivity index (χ1v) is 9.19. The lowest BCUT2D eigenvalue weighted by Crippen LogP contribution is -2.40. The minimum atomic E-state index is -0.537. The van der Waals surface area contributed by atoms with Crippen LogP contribution in [-0.2, 0) is 16.0 Å². The molecule has 3 N–H and O–H groups in total. The minimum Gasteiger partial charge on any atom is -0.326 e. The van der Waals surface area contributed by atoms with Crippen molar-refractivity contribution in [3.05, 3.63) is 59.9 Å². The quantitative estimate of drug-likeness (QED) is 0.757. The number of benzene rings is 2. The second-order valence-corrected chi connectivity index (χ2v) is 6.97. The molecule has 0 radical (unpaired) electrons. The Morgan fingerprint density at radius 1 is 1.15 bits per heavy atom. The van der Waals surface area contributed by atoms with Crippen molar-refractivity contribution < 1.29 is 14.0 Å². The average molecular weight is 369 g/mol. The number of hydrogen-bond donors (Lipinski definition) is 3. The molecule has 1 heterocycles. The fourth-order valence-electron chi connectivity index (χ4n) is 3.29. The van der Waals surface area contributed by atoms with Crippen molar-refractivity contribution in [2.24, 2.45) is 5.92 Å². The number of amides is 2. The molecule has 1 saturated heterocycles. The number of nitrogens with one attached hydrogen (secondary N) is 3. The molecule has 0 aliphatic carbocycles. The van der Waals surface area contributed by atoms with Crippen molar-refractivity contribution >= 4 is 23.2 Å². The third kappa shape index (κ3) is 5.37. The van der Waals surface area contributed by atoms with E-state index in [-0.39, 0.29) is 29.8 Å². The summed E-state index contributed by atoms with van der Waals surface area (Å²) in [5, 5.41) is 8.73. The maximum absolute atomic E-state index is 14.1. The standard InChI is InChI=1S/C21H24FN3O2/c1-14-11-16(9-10-23-14)21(27)24-17-7-8-18(22)19(13-17)25-20(26)12-15-5-3-2-4-6-15/h2-8,13-14,16,23H,9-12H2,1H3,(H,24,27)(H,25,26)/t14-,16-/m0/s1. The van der Waals surface area contributed by atoms with E-state index in [1.165, 1.54) is 18.2 Å². The first-order chi connectivity index (χ1) is 13.0. The molecule has 2 aromatic carbocycles. The Balaban J connectivity index is 1.63. The zero-order chi connectivity index (χ0) is 19.2. The highest BCUT2D eigenvalue weighted by Crippen LogP contribution is 2.23. The van der Waals surface area contributed by atoms with E-state index in [2.05, 4.69) is 22.9 Å². The van der Waals surface area contributed by atoms with Gasteiger partial charge in [0.15, 0.2) is 0 Å². The molecule has 5 nitrogen and oxygen atoms in total. The number of carbonyl (C=O) groups is 2. The summed E-state index contributed by atoms with van der Waals surface area (Å²) < 4.78 is 14.1. The highest BCUT2D eigenvalue weighted by Gasteiger charge is 2.24. The van der Waals surface area contributed by atoms with Gasteiger partial charge in [0, 0.05) is 17.6 Å². The van der Waals surface area contributed by atoms with E-state index in [1.807, 2.05) is 30.3 Å². The van der Waals surface area contributed by atoms with Crippen LogP contribution in [0.5, 0.6) is 0 Å². The molecule has 2 aromatic rings. The van der Waals surface area contributed by atoms with Crippen LogP contribution in [0, 0.1) is 11.7 Å². The maximum atomic E-state index is 14.1. The number of rotatable bonds is 5. The van der Waals surface area contributed by atoms with Crippen LogP contribution < -0.4 is 16.0 Å². The predicted molar refractivity (Wildman–Crippen MR) is 104 cm³/mol. The topological polar surface area (TPSA) is 70.2 Å². The van der Waals surface area contributed by atoms with Crippen LogP contribution in [0.25, 0.3) is 0 Å². The van der Waals surface area contributed by atoms with Gasteiger partial charge in [-0.1, -0.05) is 30.3 Å². The number of hydrogen-bond acceptors (Lipinski definition) is 3. The minimum absolute atomic E-state index is 0.0624. The van der Waals surface area contributed by atoms with Gasteiger partial charge in [-0.3, -0.25) is 9.59 Å². The molecule has 0 spiro atoms. The maximum Gasteiger partial charge on any atom is 0.228 e. The summed E-state index contributed by atoms with van der Waals surface area (Å²) in [6.45, 7) is 2.86. The Bertz CT molecular complexity index is 810. The Morgan fingerprint density at radius 3 is 2.67 bits per heavy atom. The molecule has 0 bridgehead atoms. The highest BCUT2D eigenvalue weighted by molar-refractivity contribution is 5.95. The van der Waals surface area contributed by atoms with E-state index in [1.54, 1.807) is 0 Å². The molecule has 2 amide bonds. The van der Waals surface area contributed by atoms with E-state index in [0.717, 1.165) is 24.9 Å². The fraction of sp³-hybridized carbons (Fsp3) is 0.333. The van der Waals surface area contributed by atoms with Gasteiger partial charge in [-0.2, -0.15) is 0 Å². The summed E-state index contributed by atoms with van der Waals surface area (Å²) in [6, 6.07) is 13.8. The van der Waals surface area contributed by atoms with Gasteiger partial charge in [0.05, 0.1) is 12.1 Å². The Morgan fingerprint density at radius 2 is 1.93 bits per heavy atom. The molecule has 27 heavy (non-hydrogen) atoms. The van der Waals surface area contributed by atoms with E-state index < -0.39 is 5.82 Å². The molecule has 3 rings (SSSR count). The normalized spacial score (nSPS) is 19.3. The zero-order valence-corrected chi connectivity index (χ0v) is 15.3. The number of anilines is 2. The molecule has 142 valence electrons. The first kappa shape index (κ1) is 19.0. The molecule has 2 atom stereocenters. The second kappa shape index (κ2) is 8.77. The van der Waals surface area contributed by atoms with Crippen LogP contribution in [0.4, 0.5) is 15.8 Å². The third-order valence-corrected chi connectivity index (χ3v) is 4.71. The van der Waals surface area contributed by atoms with Gasteiger partial charge in [0.2, 0.25) is 11.8 Å². The van der Waals surface area contributed by atoms with Crippen LogP contribution >= 0.6 is 0 Å². The smallest absolute Gasteiger partial charge is 0.228 e. The van der Waals surface area contributed by atoms with E-state index in [9.17, 15) is 14.0 Å². The van der Waals surface area contributed by atoms with Gasteiger partial charge in [0.1, 0.15) is 5.82 Å². The summed E-state index contributed by atoms with van der Waals surface area (Å²) in [5.41, 5.74) is 1.38. The second-order valence-electron chi connectivity index (χ2n) is 6.97. The monoisotopic (exact) mass is 369 g/mol. The molecule has 0 saturated carbocycles. The van der Waals surface area contributed by atoms with Crippen molar-refractivity contribution in [2.45, 2.75) is 32.2 Å². The molecule has 6 heteroatoms. The average Bonchev–Trinajstić information content (AvgIpc) is 2.65. The van der Waals surface area contributed by atoms with Crippen LogP contribution in [0.1, 0.15) is 25.3 Å². The molecule has 1 aliphatic rings. The van der Waals surface area contributed by atoms with Gasteiger partial charge >= 0.3 is 0 Å². The first-order valence-electron chi connectivity index (χ1n) is 9.19. The summed E-state index contributed by atoms with van der Waals surface area (Å²) in [7, 11) is 0. The molecule has 1 aliphatic heterocycles. The molecule has 0 aromatic heterocycles. The van der Waals surface area contributed by atoms with E-state index in [4.69, 9.17) is 0 Å². The largest absolute Gasteiger partial charge is 0.326 e. The molecule has 1 fully saturated rings. The Hall–Kier alpha value is -2.73. The Kier molecular flexibility index (Phi) is 6.19. The SMILES string of the molecule is C[C@H]1C[C@@H](C(=O)Nc2ccc(F)c(NC(=O)Cc3ccccc3)c2)CCN1. The van der Waals surface area contributed by atoms with Crippen LogP contribution in [0.15, 0.2) is 48.5 Å². The lowest BCUT2D eigenvalue weighted by atomic mass is 9.92. The predicted octanol–water partition coefficient (Wildman–Crippen LogP) is 3.33. The fourth-order valence-corrected chi connectivity index (χ4v) is 3.29.